The predicted octanol–water partition coefficient (Wildman–Crippen LogP) is 7.49. The van der Waals surface area contributed by atoms with Crippen LogP contribution >= 0.6 is 7.82 Å². The highest BCUT2D eigenvalue weighted by Crippen LogP contribution is 2.43. The smallest absolute Gasteiger partial charge is 0.472 e. The van der Waals surface area contributed by atoms with Crippen LogP contribution in [0.2, 0.25) is 0 Å². The topological polar surface area (TPSA) is 172 Å². The van der Waals surface area contributed by atoms with Crippen molar-refractivity contribution in [3.8, 4) is 0 Å². The molecule has 0 aromatic carbocycles. The summed E-state index contributed by atoms with van der Waals surface area (Å²) in [4.78, 5) is 45.4. The zero-order valence-corrected chi connectivity index (χ0v) is 28.8. The van der Waals surface area contributed by atoms with Crippen molar-refractivity contribution in [2.24, 2.45) is 5.73 Å². The average Bonchev–Trinajstić information content (AvgIpc) is 3.02. The lowest BCUT2D eigenvalue weighted by atomic mass is 10.1. The summed E-state index contributed by atoms with van der Waals surface area (Å²) in [6.07, 6.45) is 29.3. The van der Waals surface area contributed by atoms with Crippen LogP contribution in [0.15, 0.2) is 48.6 Å². The fourth-order valence-corrected chi connectivity index (χ4v) is 4.71. The summed E-state index contributed by atoms with van der Waals surface area (Å²) in [6.45, 7) is 2.54. The molecule has 0 rings (SSSR count). The van der Waals surface area contributed by atoms with Crippen LogP contribution < -0.4 is 5.73 Å². The first-order valence-electron chi connectivity index (χ1n) is 16.7. The molecule has 46 heavy (non-hydrogen) atoms. The molecule has 0 spiro atoms. The van der Waals surface area contributed by atoms with Gasteiger partial charge in [-0.1, -0.05) is 101 Å². The molecule has 11 nitrogen and oxygen atoms in total. The second-order valence-corrected chi connectivity index (χ2v) is 12.4. The van der Waals surface area contributed by atoms with Crippen LogP contribution in [0.25, 0.3) is 0 Å². The zero-order chi connectivity index (χ0) is 34.3. The first-order valence-corrected chi connectivity index (χ1v) is 18.2. The summed E-state index contributed by atoms with van der Waals surface area (Å²) >= 11 is 0. The standard InChI is InChI=1S/C34H58NO10P/c1-3-5-7-9-11-12-13-14-15-16-17-18-20-22-24-26-33(37)45-30(28-43-46(40,41)44-29-31(35)34(38)39)27-42-32(36)25-23-21-19-10-8-6-4-2/h5,7,11-12,14-15,17-18,30-31H,3-4,6,8-10,13,16,19-29,35H2,1-2H3,(H,38,39)(H,40,41)/b7-5+,12-11+,15-14+,18-17+/t30-,31-/m0/s1. The number of carboxylic acids is 1. The molecule has 0 aliphatic carbocycles. The summed E-state index contributed by atoms with van der Waals surface area (Å²) in [7, 11) is -4.71. The van der Waals surface area contributed by atoms with Crippen molar-refractivity contribution in [2.45, 2.75) is 129 Å². The van der Waals surface area contributed by atoms with Crippen LogP contribution in [-0.4, -0.2) is 59.9 Å². The van der Waals surface area contributed by atoms with Crippen LogP contribution in [0, 0.1) is 0 Å². The number of nitrogens with two attached hydrogens (primary N) is 1. The van der Waals surface area contributed by atoms with E-state index in [0.717, 1.165) is 57.8 Å². The molecule has 0 heterocycles. The van der Waals surface area contributed by atoms with Gasteiger partial charge in [-0.2, -0.15) is 0 Å². The number of unbranched alkanes of at least 4 members (excludes halogenated alkanes) is 8. The molecule has 0 fully saturated rings. The molecular formula is C34H58NO10P. The fraction of sp³-hybridized carbons (Fsp3) is 0.676. The SMILES string of the molecule is CC/C=C/C/C=C/C/C=C/C/C=C/CCCCC(=O)O[C@@H](COC(=O)CCCCCCCCC)COP(=O)(O)OC[C@H](N)C(=O)O. The number of hydrogen-bond acceptors (Lipinski definition) is 9. The summed E-state index contributed by atoms with van der Waals surface area (Å²) in [6, 6.07) is -1.53. The number of carboxylic acid groups (broad SMARTS) is 1. The Morgan fingerprint density at radius 1 is 0.696 bits per heavy atom. The van der Waals surface area contributed by atoms with E-state index in [1.807, 2.05) is 0 Å². The van der Waals surface area contributed by atoms with Crippen molar-refractivity contribution in [1.82, 2.24) is 0 Å². The van der Waals surface area contributed by atoms with E-state index in [-0.39, 0.29) is 19.4 Å². The van der Waals surface area contributed by atoms with Gasteiger partial charge in [-0.3, -0.25) is 23.4 Å². The van der Waals surface area contributed by atoms with E-state index < -0.39 is 51.1 Å². The Balaban J connectivity index is 4.58. The third-order valence-electron chi connectivity index (χ3n) is 6.59. The van der Waals surface area contributed by atoms with E-state index in [4.69, 9.17) is 24.8 Å². The number of carbonyl (C=O) groups is 3. The molecule has 0 aliphatic heterocycles. The molecule has 0 aromatic rings. The van der Waals surface area contributed by atoms with Crippen molar-refractivity contribution >= 4 is 25.7 Å². The Kier molecular flexibility index (Phi) is 28.2. The number of rotatable bonds is 30. The van der Waals surface area contributed by atoms with Crippen molar-refractivity contribution in [1.29, 1.82) is 0 Å². The van der Waals surface area contributed by atoms with Gasteiger partial charge >= 0.3 is 25.7 Å². The van der Waals surface area contributed by atoms with Gasteiger partial charge in [0.25, 0.3) is 0 Å². The first kappa shape index (κ1) is 43.4. The van der Waals surface area contributed by atoms with Crippen LogP contribution in [0.4, 0.5) is 0 Å². The van der Waals surface area contributed by atoms with E-state index in [9.17, 15) is 23.8 Å². The van der Waals surface area contributed by atoms with E-state index in [0.29, 0.717) is 12.8 Å². The lowest BCUT2D eigenvalue weighted by molar-refractivity contribution is -0.161. The second kappa shape index (κ2) is 29.8. The second-order valence-electron chi connectivity index (χ2n) is 10.9. The summed E-state index contributed by atoms with van der Waals surface area (Å²) in [5.41, 5.74) is 5.29. The Labute approximate surface area is 275 Å². The highest BCUT2D eigenvalue weighted by molar-refractivity contribution is 7.47. The monoisotopic (exact) mass is 671 g/mol. The van der Waals surface area contributed by atoms with Crippen LogP contribution in [0.1, 0.15) is 117 Å². The molecule has 1 unspecified atom stereocenters. The summed E-state index contributed by atoms with van der Waals surface area (Å²) < 4.78 is 32.3. The van der Waals surface area contributed by atoms with Gasteiger partial charge in [0, 0.05) is 12.8 Å². The molecule has 3 atom stereocenters. The molecule has 4 N–H and O–H groups in total. The lowest BCUT2D eigenvalue weighted by Crippen LogP contribution is -2.34. The summed E-state index contributed by atoms with van der Waals surface area (Å²) in [5.74, 6) is -2.45. The third-order valence-corrected chi connectivity index (χ3v) is 7.54. The Bertz CT molecular complexity index is 979. The number of phosphoric ester groups is 1. The Hall–Kier alpha value is -2.56. The molecule has 0 saturated carbocycles. The number of hydrogen-bond donors (Lipinski definition) is 3. The average molecular weight is 672 g/mol. The third kappa shape index (κ3) is 28.9. The minimum Gasteiger partial charge on any atom is -0.480 e. The normalized spacial score (nSPS) is 14.7. The molecule has 0 bridgehead atoms. The van der Waals surface area contributed by atoms with E-state index in [2.05, 4.69) is 67.0 Å². The van der Waals surface area contributed by atoms with Crippen LogP contribution in [-0.2, 0) is 37.5 Å². The lowest BCUT2D eigenvalue weighted by Gasteiger charge is -2.20. The molecule has 0 aliphatic rings. The van der Waals surface area contributed by atoms with Crippen molar-refractivity contribution in [3.63, 3.8) is 0 Å². The molecule has 0 aromatic heterocycles. The molecule has 0 amide bonds. The van der Waals surface area contributed by atoms with Crippen molar-refractivity contribution in [3.05, 3.63) is 48.6 Å². The van der Waals surface area contributed by atoms with Gasteiger partial charge in [0.1, 0.15) is 12.6 Å². The fourth-order valence-electron chi connectivity index (χ4n) is 3.93. The molecule has 0 saturated heterocycles. The number of carbonyl (C=O) groups excluding carboxylic acids is 2. The maximum absolute atomic E-state index is 12.5. The highest BCUT2D eigenvalue weighted by Gasteiger charge is 2.28. The Morgan fingerprint density at radius 2 is 1.22 bits per heavy atom. The minimum absolute atomic E-state index is 0.108. The predicted molar refractivity (Wildman–Crippen MR) is 180 cm³/mol. The first-order chi connectivity index (χ1) is 22.1. The largest absolute Gasteiger partial charge is 0.480 e. The molecule has 12 heteroatoms. The number of esters is 2. The number of phosphoric acid groups is 1. The number of allylic oxidation sites excluding steroid dienone is 8. The summed E-state index contributed by atoms with van der Waals surface area (Å²) in [5, 5.41) is 8.82. The molecule has 264 valence electrons. The van der Waals surface area contributed by atoms with Gasteiger partial charge in [0.05, 0.1) is 13.2 Å². The van der Waals surface area contributed by atoms with E-state index in [1.54, 1.807) is 0 Å². The van der Waals surface area contributed by atoms with Gasteiger partial charge in [0.2, 0.25) is 0 Å². The highest BCUT2D eigenvalue weighted by atomic mass is 31.2. The van der Waals surface area contributed by atoms with Gasteiger partial charge in [-0.05, 0) is 51.4 Å². The number of ether oxygens (including phenoxy) is 2. The zero-order valence-electron chi connectivity index (χ0n) is 27.9. The number of aliphatic carboxylic acids is 1. The van der Waals surface area contributed by atoms with Crippen molar-refractivity contribution < 1.29 is 47.5 Å². The van der Waals surface area contributed by atoms with Crippen LogP contribution in [0.3, 0.4) is 0 Å². The van der Waals surface area contributed by atoms with E-state index >= 15 is 0 Å². The quantitative estimate of drug-likeness (QED) is 0.0299. The van der Waals surface area contributed by atoms with Gasteiger partial charge in [-0.25, -0.2) is 4.57 Å². The Morgan fingerprint density at radius 3 is 1.83 bits per heavy atom. The van der Waals surface area contributed by atoms with Gasteiger partial charge in [0.15, 0.2) is 6.10 Å². The maximum Gasteiger partial charge on any atom is 0.472 e. The maximum atomic E-state index is 12.5. The van der Waals surface area contributed by atoms with E-state index in [1.165, 1.54) is 19.3 Å². The molecule has 0 radical (unpaired) electrons. The van der Waals surface area contributed by atoms with Gasteiger partial charge < -0.3 is 25.2 Å². The molecular weight excluding hydrogens is 613 g/mol. The van der Waals surface area contributed by atoms with Crippen LogP contribution in [0.5, 0.6) is 0 Å². The van der Waals surface area contributed by atoms with Crippen molar-refractivity contribution in [2.75, 3.05) is 19.8 Å². The minimum atomic E-state index is -4.71. The van der Waals surface area contributed by atoms with Gasteiger partial charge in [-0.15, -0.1) is 0 Å².